The molecular weight excluding hydrogens is 575 g/mol. The highest BCUT2D eigenvalue weighted by Crippen LogP contribution is 2.45. The van der Waals surface area contributed by atoms with Gasteiger partial charge in [0.15, 0.2) is 0 Å². The van der Waals surface area contributed by atoms with Crippen LogP contribution in [0.5, 0.6) is 0 Å². The van der Waals surface area contributed by atoms with Crippen molar-refractivity contribution in [3.8, 4) is 22.3 Å². The molecule has 0 bridgehead atoms. The van der Waals surface area contributed by atoms with Crippen molar-refractivity contribution >= 4 is 70.1 Å². The number of para-hydroxylation sites is 1. The largest absolute Gasteiger partial charge is 0.310 e. The van der Waals surface area contributed by atoms with E-state index in [-0.39, 0.29) is 0 Å². The van der Waals surface area contributed by atoms with Gasteiger partial charge in [-0.2, -0.15) is 0 Å². The van der Waals surface area contributed by atoms with Crippen LogP contribution in [0.3, 0.4) is 0 Å². The second-order valence-corrected chi connectivity index (χ2v) is 12.8. The first-order valence-corrected chi connectivity index (χ1v) is 16.5. The van der Waals surface area contributed by atoms with Crippen molar-refractivity contribution in [1.29, 1.82) is 0 Å². The summed E-state index contributed by atoms with van der Waals surface area (Å²) in [6.45, 7) is 0. The van der Waals surface area contributed by atoms with E-state index >= 15 is 0 Å². The van der Waals surface area contributed by atoms with Crippen LogP contribution < -0.4 is 4.90 Å². The maximum atomic E-state index is 2.39. The lowest BCUT2D eigenvalue weighted by Gasteiger charge is -2.26. The third kappa shape index (κ3) is 4.46. The average Bonchev–Trinajstić information content (AvgIpc) is 3.51. The van der Waals surface area contributed by atoms with Gasteiger partial charge in [0.25, 0.3) is 0 Å². The molecule has 0 N–H and O–H groups in total. The van der Waals surface area contributed by atoms with Gasteiger partial charge < -0.3 is 4.90 Å². The predicted molar refractivity (Wildman–Crippen MR) is 200 cm³/mol. The molecule has 0 saturated carbocycles. The van der Waals surface area contributed by atoms with Crippen molar-refractivity contribution in [2.24, 2.45) is 0 Å². The fourth-order valence-corrected chi connectivity index (χ4v) is 8.05. The van der Waals surface area contributed by atoms with E-state index < -0.39 is 0 Å². The lowest BCUT2D eigenvalue weighted by molar-refractivity contribution is 1.29. The molecule has 2 heteroatoms. The van der Waals surface area contributed by atoms with Crippen LogP contribution in [0.1, 0.15) is 0 Å². The Bertz CT molecular complexity index is 2530. The van der Waals surface area contributed by atoms with Gasteiger partial charge in [0.05, 0.1) is 0 Å². The molecule has 216 valence electrons. The van der Waals surface area contributed by atoms with Crippen molar-refractivity contribution in [3.63, 3.8) is 0 Å². The van der Waals surface area contributed by atoms with Crippen LogP contribution in [-0.4, -0.2) is 0 Å². The molecule has 0 aliphatic carbocycles. The van der Waals surface area contributed by atoms with Crippen molar-refractivity contribution in [2.75, 3.05) is 4.90 Å². The van der Waals surface area contributed by atoms with E-state index in [2.05, 4.69) is 181 Å². The van der Waals surface area contributed by atoms with Gasteiger partial charge >= 0.3 is 0 Å². The Morgan fingerprint density at radius 3 is 1.91 bits per heavy atom. The zero-order valence-electron chi connectivity index (χ0n) is 25.1. The summed E-state index contributed by atoms with van der Waals surface area (Å²) in [7, 11) is 0. The Hall–Kier alpha value is -5.70. The van der Waals surface area contributed by atoms with E-state index in [1.165, 1.54) is 64.0 Å². The van der Waals surface area contributed by atoms with E-state index in [9.17, 15) is 0 Å². The molecule has 0 atom stereocenters. The van der Waals surface area contributed by atoms with Crippen molar-refractivity contribution in [2.45, 2.75) is 0 Å². The zero-order valence-corrected chi connectivity index (χ0v) is 25.9. The lowest BCUT2D eigenvalue weighted by atomic mass is 9.92. The van der Waals surface area contributed by atoms with Crippen molar-refractivity contribution in [3.05, 3.63) is 176 Å². The van der Waals surface area contributed by atoms with Crippen molar-refractivity contribution < 1.29 is 0 Å². The highest BCUT2D eigenvalue weighted by Gasteiger charge is 2.18. The number of nitrogens with zero attached hydrogens (tertiary/aromatic N) is 1. The highest BCUT2D eigenvalue weighted by atomic mass is 32.1. The second-order valence-electron chi connectivity index (χ2n) is 11.7. The van der Waals surface area contributed by atoms with Crippen LogP contribution >= 0.6 is 11.3 Å². The smallest absolute Gasteiger partial charge is 0.0468 e. The zero-order chi connectivity index (χ0) is 30.5. The Morgan fingerprint density at radius 1 is 0.348 bits per heavy atom. The first-order valence-electron chi connectivity index (χ1n) is 15.7. The number of thiophene rings is 1. The number of hydrogen-bond acceptors (Lipinski definition) is 2. The summed E-state index contributed by atoms with van der Waals surface area (Å²) >= 11 is 1.87. The van der Waals surface area contributed by atoms with E-state index in [1.807, 2.05) is 11.3 Å². The van der Waals surface area contributed by atoms with Crippen LogP contribution in [0.4, 0.5) is 17.1 Å². The second kappa shape index (κ2) is 11.0. The molecule has 0 saturated heterocycles. The van der Waals surface area contributed by atoms with E-state index in [0.717, 1.165) is 17.1 Å². The first kappa shape index (κ1) is 26.7. The molecule has 9 rings (SSSR count). The van der Waals surface area contributed by atoms with E-state index in [1.54, 1.807) is 0 Å². The predicted octanol–water partition coefficient (Wildman–Crippen LogP) is 13.2. The van der Waals surface area contributed by atoms with Gasteiger partial charge in [0.1, 0.15) is 0 Å². The van der Waals surface area contributed by atoms with Gasteiger partial charge in [-0.15, -0.1) is 11.3 Å². The third-order valence-electron chi connectivity index (χ3n) is 9.04. The van der Waals surface area contributed by atoms with Crippen molar-refractivity contribution in [1.82, 2.24) is 0 Å². The SMILES string of the molecule is c1ccc(-c2cccc(N(c3ccccc3)c3ccc4sc5cccc(-c6cccc7c6ccc6ccccc67)c5c4c3)c2)cc1. The molecule has 0 spiro atoms. The monoisotopic (exact) mass is 603 g/mol. The van der Waals surface area contributed by atoms with Crippen LogP contribution in [0.2, 0.25) is 0 Å². The number of rotatable bonds is 5. The molecule has 1 nitrogen and oxygen atoms in total. The molecule has 0 aliphatic heterocycles. The Kier molecular flexibility index (Phi) is 6.40. The normalized spacial score (nSPS) is 11.5. The van der Waals surface area contributed by atoms with Gasteiger partial charge in [0.2, 0.25) is 0 Å². The summed E-state index contributed by atoms with van der Waals surface area (Å²) in [4.78, 5) is 2.38. The fourth-order valence-electron chi connectivity index (χ4n) is 6.93. The average molecular weight is 604 g/mol. The Labute approximate surface area is 272 Å². The molecular formula is C44H29NS. The number of hydrogen-bond donors (Lipinski definition) is 0. The van der Waals surface area contributed by atoms with Crippen LogP contribution in [-0.2, 0) is 0 Å². The van der Waals surface area contributed by atoms with Crippen LogP contribution in [0, 0.1) is 0 Å². The summed E-state index contributed by atoms with van der Waals surface area (Å²) in [5.74, 6) is 0. The van der Waals surface area contributed by atoms with E-state index in [4.69, 9.17) is 0 Å². The quantitative estimate of drug-likeness (QED) is 0.177. The summed E-state index contributed by atoms with van der Waals surface area (Å²) in [6, 6.07) is 63.9. The first-order chi connectivity index (χ1) is 22.8. The van der Waals surface area contributed by atoms with Gasteiger partial charge in [-0.1, -0.05) is 127 Å². The number of anilines is 3. The Morgan fingerprint density at radius 2 is 1.02 bits per heavy atom. The molecule has 0 unspecified atom stereocenters. The molecule has 46 heavy (non-hydrogen) atoms. The molecule has 0 fully saturated rings. The third-order valence-corrected chi connectivity index (χ3v) is 10.2. The summed E-state index contributed by atoms with van der Waals surface area (Å²) < 4.78 is 2.60. The van der Waals surface area contributed by atoms with E-state index in [0.29, 0.717) is 0 Å². The molecule has 9 aromatic rings. The van der Waals surface area contributed by atoms with Crippen LogP contribution in [0.25, 0.3) is 64.0 Å². The highest BCUT2D eigenvalue weighted by molar-refractivity contribution is 7.26. The van der Waals surface area contributed by atoms with Gasteiger partial charge in [-0.05, 0) is 92.3 Å². The number of fused-ring (bicyclic) bond motifs is 6. The molecule has 0 radical (unpaired) electrons. The fraction of sp³-hybridized carbons (Fsp3) is 0. The standard InChI is InChI=1S/C44H29NS/c1-3-12-30(13-4-1)32-15-9-18-34(28-32)45(33-16-5-2-6-17-33)35-25-27-42-41(29-35)44-40(22-11-23-43(44)46-42)38-21-10-20-37-36-19-8-7-14-31(36)24-26-39(37)38/h1-29H. The molecule has 0 aliphatic rings. The molecule has 1 aromatic heterocycles. The summed E-state index contributed by atoms with van der Waals surface area (Å²) in [5, 5.41) is 7.74. The summed E-state index contributed by atoms with van der Waals surface area (Å²) in [5.41, 5.74) is 8.37. The molecule has 8 aromatic carbocycles. The maximum Gasteiger partial charge on any atom is 0.0468 e. The Balaban J connectivity index is 1.26. The lowest BCUT2D eigenvalue weighted by Crippen LogP contribution is -2.09. The minimum Gasteiger partial charge on any atom is -0.310 e. The minimum atomic E-state index is 1.13. The van der Waals surface area contributed by atoms with Gasteiger partial charge in [0, 0.05) is 37.2 Å². The topological polar surface area (TPSA) is 3.24 Å². The molecule has 0 amide bonds. The maximum absolute atomic E-state index is 2.39. The van der Waals surface area contributed by atoms with Gasteiger partial charge in [-0.3, -0.25) is 0 Å². The number of benzene rings is 8. The van der Waals surface area contributed by atoms with Gasteiger partial charge in [-0.25, -0.2) is 0 Å². The molecule has 1 heterocycles. The summed E-state index contributed by atoms with van der Waals surface area (Å²) in [6.07, 6.45) is 0. The minimum absolute atomic E-state index is 1.13. The van der Waals surface area contributed by atoms with Crippen LogP contribution in [0.15, 0.2) is 176 Å².